The molecule has 4 atom stereocenters. The predicted octanol–water partition coefficient (Wildman–Crippen LogP) is 16.2. The van der Waals surface area contributed by atoms with Crippen LogP contribution in [0.2, 0.25) is 0 Å². The third-order valence-electron chi connectivity index (χ3n) is 12.7. The summed E-state index contributed by atoms with van der Waals surface area (Å²) >= 11 is 0. The number of nitrogens with zero attached hydrogens (tertiary/aromatic N) is 1. The molecular weight excluding hydrogens is 758 g/mol. The minimum atomic E-state index is -0.208. The smallest absolute Gasteiger partial charge is 0.306 e. The molecule has 0 aromatic heterocycles. The van der Waals surface area contributed by atoms with E-state index in [4.69, 9.17) is 9.47 Å². The lowest BCUT2D eigenvalue weighted by Gasteiger charge is -2.18. The fourth-order valence-electron chi connectivity index (χ4n) is 8.31. The van der Waals surface area contributed by atoms with Crippen LogP contribution in [0.15, 0.2) is 23.3 Å². The van der Waals surface area contributed by atoms with Gasteiger partial charge in [0.15, 0.2) is 0 Å². The highest BCUT2D eigenvalue weighted by atomic mass is 31.1. The van der Waals surface area contributed by atoms with Gasteiger partial charge in [0.2, 0.25) is 0 Å². The van der Waals surface area contributed by atoms with Gasteiger partial charge in [0.05, 0.1) is 0 Å². The van der Waals surface area contributed by atoms with Crippen LogP contribution in [-0.2, 0) is 19.1 Å². The molecule has 6 heteroatoms. The van der Waals surface area contributed by atoms with E-state index < -0.39 is 0 Å². The Labute approximate surface area is 377 Å². The lowest BCUT2D eigenvalue weighted by Crippen LogP contribution is -2.13. The van der Waals surface area contributed by atoms with E-state index >= 15 is 0 Å². The van der Waals surface area contributed by atoms with Gasteiger partial charge in [0.1, 0.15) is 13.2 Å². The molecule has 0 radical (unpaired) electrons. The second-order valence-corrected chi connectivity index (χ2v) is 23.4. The summed E-state index contributed by atoms with van der Waals surface area (Å²) in [5.41, 5.74) is 2.66. The van der Waals surface area contributed by atoms with E-state index in [0.29, 0.717) is 26.1 Å². The van der Waals surface area contributed by atoms with Gasteiger partial charge >= 0.3 is 11.9 Å². The van der Waals surface area contributed by atoms with Gasteiger partial charge in [0, 0.05) is 12.8 Å². The van der Waals surface area contributed by atoms with E-state index in [1.165, 1.54) is 133 Å². The highest BCUT2D eigenvalue weighted by Crippen LogP contribution is 2.39. The van der Waals surface area contributed by atoms with Crippen LogP contribution in [0.4, 0.5) is 0 Å². The van der Waals surface area contributed by atoms with Crippen molar-refractivity contribution in [2.45, 2.75) is 223 Å². The number of hydrogen-bond acceptors (Lipinski definition) is 5. The number of carbonyl (C=O) groups is 2. The van der Waals surface area contributed by atoms with Gasteiger partial charge in [-0.25, -0.2) is 0 Å². The summed E-state index contributed by atoms with van der Waals surface area (Å²) in [7, 11) is 4.06. The minimum absolute atomic E-state index is 0.0805. The Bertz CT molecular complexity index is 1010. The summed E-state index contributed by atoms with van der Waals surface area (Å²) in [5, 5.41) is 0. The summed E-state index contributed by atoms with van der Waals surface area (Å²) in [5.74, 6) is 4.80. The Kier molecular flexibility index (Phi) is 38.6. The molecule has 0 spiro atoms. The minimum Gasteiger partial charge on any atom is -0.461 e. The highest BCUT2D eigenvalue weighted by Gasteiger charge is 2.13. The number of hydrogen-bond donors (Lipinski definition) is 0. The van der Waals surface area contributed by atoms with Crippen LogP contribution in [0.1, 0.15) is 223 Å². The van der Waals surface area contributed by atoms with Crippen LogP contribution in [0.3, 0.4) is 0 Å². The van der Waals surface area contributed by atoms with E-state index in [1.807, 2.05) is 0 Å². The average molecular weight is 862 g/mol. The van der Waals surface area contributed by atoms with Crippen molar-refractivity contribution in [1.29, 1.82) is 0 Å². The Morgan fingerprint density at radius 2 is 0.783 bits per heavy atom. The summed E-state index contributed by atoms with van der Waals surface area (Å²) < 4.78 is 11.2. The first kappa shape index (κ1) is 58.8. The molecule has 5 nitrogen and oxygen atoms in total. The van der Waals surface area contributed by atoms with Crippen molar-refractivity contribution in [2.24, 2.45) is 35.5 Å². The Morgan fingerprint density at radius 1 is 0.450 bits per heavy atom. The first-order valence-electron chi connectivity index (χ1n) is 25.6. The monoisotopic (exact) mass is 862 g/mol. The molecule has 0 amide bonds. The zero-order chi connectivity index (χ0) is 45.0. The fourth-order valence-corrected chi connectivity index (χ4v) is 10.9. The second kappa shape index (κ2) is 39.4. The maximum Gasteiger partial charge on any atom is 0.306 e. The van der Waals surface area contributed by atoms with Crippen LogP contribution in [-0.4, -0.2) is 69.2 Å². The number of rotatable bonds is 41. The lowest BCUT2D eigenvalue weighted by atomic mass is 9.91. The molecular formula is C54H104NO4P. The zero-order valence-corrected chi connectivity index (χ0v) is 43.3. The largest absolute Gasteiger partial charge is 0.461 e. The van der Waals surface area contributed by atoms with Crippen molar-refractivity contribution in [3.8, 4) is 0 Å². The summed E-state index contributed by atoms with van der Waals surface area (Å²) in [4.78, 5) is 27.5. The van der Waals surface area contributed by atoms with Crippen LogP contribution >= 0.6 is 7.92 Å². The maximum atomic E-state index is 12.6. The van der Waals surface area contributed by atoms with Crippen molar-refractivity contribution in [3.63, 3.8) is 0 Å². The molecule has 0 aliphatic carbocycles. The van der Waals surface area contributed by atoms with E-state index in [2.05, 4.69) is 100 Å². The average Bonchev–Trinajstić information content (AvgIpc) is 3.16. The first-order chi connectivity index (χ1) is 28.6. The van der Waals surface area contributed by atoms with E-state index in [1.54, 1.807) is 0 Å². The van der Waals surface area contributed by atoms with E-state index in [9.17, 15) is 9.59 Å². The van der Waals surface area contributed by atoms with Crippen LogP contribution in [0.5, 0.6) is 0 Å². The molecule has 0 saturated heterocycles. The third kappa shape index (κ3) is 40.9. The van der Waals surface area contributed by atoms with Crippen molar-refractivity contribution in [2.75, 3.05) is 52.3 Å². The molecule has 0 bridgehead atoms. The Balaban J connectivity index is 4.34. The highest BCUT2D eigenvalue weighted by molar-refractivity contribution is 7.57. The fraction of sp³-hybridized carbons (Fsp3) is 0.889. The van der Waals surface area contributed by atoms with Gasteiger partial charge in [-0.15, -0.1) is 7.92 Å². The van der Waals surface area contributed by atoms with Gasteiger partial charge < -0.3 is 14.4 Å². The van der Waals surface area contributed by atoms with Gasteiger partial charge in [-0.3, -0.25) is 9.59 Å². The molecule has 0 heterocycles. The molecule has 354 valence electrons. The number of unbranched alkanes of at least 4 members (excludes halogenated alkanes) is 1. The zero-order valence-electron chi connectivity index (χ0n) is 42.4. The molecule has 0 aromatic carbocycles. The molecule has 60 heavy (non-hydrogen) atoms. The number of esters is 2. The first-order valence-corrected chi connectivity index (χ1v) is 27.5. The van der Waals surface area contributed by atoms with Gasteiger partial charge in [-0.2, -0.15) is 0 Å². The lowest BCUT2D eigenvalue weighted by molar-refractivity contribution is -0.143. The van der Waals surface area contributed by atoms with Crippen LogP contribution in [0.25, 0.3) is 0 Å². The van der Waals surface area contributed by atoms with Crippen molar-refractivity contribution >= 4 is 19.9 Å². The van der Waals surface area contributed by atoms with Crippen molar-refractivity contribution in [3.05, 3.63) is 23.3 Å². The van der Waals surface area contributed by atoms with Crippen LogP contribution in [0, 0.1) is 35.5 Å². The predicted molar refractivity (Wildman–Crippen MR) is 267 cm³/mol. The van der Waals surface area contributed by atoms with Gasteiger partial charge in [0.25, 0.3) is 0 Å². The SMILES string of the molecule is C/C(=C\COC(=O)CCCP(CCCCN(C)C)CCCC(=O)OC/C=C(\C)CCCC(C)CCCC(C)CCCC(C)C)CCCC(C)CCCC(C)CCCC(C)C. The van der Waals surface area contributed by atoms with E-state index in [-0.39, 0.29) is 19.9 Å². The van der Waals surface area contributed by atoms with Gasteiger partial charge in [-0.1, -0.05) is 156 Å². The quantitative estimate of drug-likeness (QED) is 0.0265. The van der Waals surface area contributed by atoms with Crippen LogP contribution < -0.4 is 0 Å². The Morgan fingerprint density at radius 3 is 1.13 bits per heavy atom. The third-order valence-corrected chi connectivity index (χ3v) is 15.5. The molecule has 4 unspecified atom stereocenters. The number of ether oxygens (including phenoxy) is 2. The summed E-state index contributed by atoms with van der Waals surface area (Å²) in [6.07, 6.45) is 36.3. The second-order valence-electron chi connectivity index (χ2n) is 20.7. The molecule has 0 rings (SSSR count). The van der Waals surface area contributed by atoms with Crippen molar-refractivity contribution < 1.29 is 19.1 Å². The summed E-state index contributed by atoms with van der Waals surface area (Å²) in [6.45, 7) is 25.2. The molecule has 0 fully saturated rings. The van der Waals surface area contributed by atoms with Crippen molar-refractivity contribution in [1.82, 2.24) is 4.90 Å². The number of carbonyl (C=O) groups excluding carboxylic acids is 2. The Hall–Kier alpha value is -1.19. The topological polar surface area (TPSA) is 55.8 Å². The molecule has 0 saturated carbocycles. The standard InChI is InChI=1S/C54H104NO4P/c1-45(2)23-15-25-47(5)27-17-29-49(7)31-19-33-51(9)37-40-58-53(56)35-21-43-60(42-14-13-39-55(11)12)44-22-36-54(57)59-41-38-52(10)34-20-32-50(8)30-18-28-48(6)26-16-24-46(3)4/h37-38,45-50H,13-36,39-44H2,1-12H3/b51-37+,52-38+. The van der Waals surface area contributed by atoms with Gasteiger partial charge in [-0.05, 0) is 152 Å². The van der Waals surface area contributed by atoms with E-state index in [0.717, 1.165) is 80.1 Å². The molecule has 0 aliphatic heterocycles. The molecule has 0 aromatic rings. The summed E-state index contributed by atoms with van der Waals surface area (Å²) in [6, 6.07) is 0. The normalized spacial score (nSPS) is 15.1. The maximum absolute atomic E-state index is 12.6. The number of allylic oxidation sites excluding steroid dienone is 2. The molecule has 0 N–H and O–H groups in total. The molecule has 0 aliphatic rings.